The van der Waals surface area contributed by atoms with Crippen LogP contribution in [0.25, 0.3) is 0 Å². The van der Waals surface area contributed by atoms with Crippen LogP contribution in [0.3, 0.4) is 0 Å². The lowest BCUT2D eigenvalue weighted by atomic mass is 10.1. The van der Waals surface area contributed by atoms with E-state index < -0.39 is 17.9 Å². The molecule has 0 saturated heterocycles. The molecular weight excluding hydrogens is 397 g/mol. The van der Waals surface area contributed by atoms with Crippen LogP contribution in [0.4, 0.5) is 0 Å². The van der Waals surface area contributed by atoms with Crippen molar-refractivity contribution in [3.05, 3.63) is 91.0 Å². The zero-order chi connectivity index (χ0) is 20.9. The van der Waals surface area contributed by atoms with Gasteiger partial charge in [0.05, 0.1) is 4.90 Å². The molecule has 0 aliphatic rings. The number of hydrogen-bond donors (Lipinski definition) is 0. The highest BCUT2D eigenvalue weighted by molar-refractivity contribution is 7.89. The van der Waals surface area contributed by atoms with Gasteiger partial charge < -0.3 is 0 Å². The van der Waals surface area contributed by atoms with Crippen molar-refractivity contribution in [2.75, 3.05) is 13.2 Å². The molecule has 0 heterocycles. The summed E-state index contributed by atoms with van der Waals surface area (Å²) in [6.07, 6.45) is 0.781. The molecule has 0 saturated carbocycles. The molecule has 0 fully saturated rings. The number of benzene rings is 3. The van der Waals surface area contributed by atoms with Crippen LogP contribution in [-0.4, -0.2) is 32.0 Å². The minimum absolute atomic E-state index is 0.105. The zero-order valence-corrected chi connectivity index (χ0v) is 18.9. The monoisotopic (exact) mass is 425 g/mol. The lowest BCUT2D eigenvalue weighted by Gasteiger charge is -2.34. The van der Waals surface area contributed by atoms with Crippen LogP contribution in [0, 0.1) is 5.92 Å². The summed E-state index contributed by atoms with van der Waals surface area (Å²) in [6, 6.07) is 29.5. The molecule has 5 heteroatoms. The van der Waals surface area contributed by atoms with E-state index in [1.54, 1.807) is 35.6 Å². The number of rotatable bonds is 8. The second-order valence-electron chi connectivity index (χ2n) is 7.43. The van der Waals surface area contributed by atoms with E-state index in [1.165, 1.54) is 10.6 Å². The first-order valence-electron chi connectivity index (χ1n) is 9.82. The molecule has 0 bridgehead atoms. The SMILES string of the molecule is CC(C)[C@@H](CP(c1ccccc1)c1ccccc1)N(C)S(=O)(=O)c1ccccc1. The average Bonchev–Trinajstić information content (AvgIpc) is 2.75. The fraction of sp³-hybridized carbons (Fsp3) is 0.250. The first-order valence-corrected chi connectivity index (χ1v) is 12.8. The molecule has 0 spiro atoms. The summed E-state index contributed by atoms with van der Waals surface area (Å²) < 4.78 is 28.1. The van der Waals surface area contributed by atoms with Crippen LogP contribution < -0.4 is 10.6 Å². The summed E-state index contributed by atoms with van der Waals surface area (Å²) in [7, 11) is -2.51. The van der Waals surface area contributed by atoms with Crippen LogP contribution in [0.5, 0.6) is 0 Å². The Balaban J connectivity index is 1.97. The van der Waals surface area contributed by atoms with E-state index in [9.17, 15) is 8.42 Å². The molecule has 0 radical (unpaired) electrons. The van der Waals surface area contributed by atoms with Crippen LogP contribution in [0.1, 0.15) is 13.8 Å². The Morgan fingerprint density at radius 2 is 1.17 bits per heavy atom. The van der Waals surface area contributed by atoms with Crippen molar-refractivity contribution in [3.63, 3.8) is 0 Å². The van der Waals surface area contributed by atoms with Crippen molar-refractivity contribution in [3.8, 4) is 0 Å². The molecule has 1 atom stereocenters. The Bertz CT molecular complexity index is 953. The molecule has 152 valence electrons. The lowest BCUT2D eigenvalue weighted by Crippen LogP contribution is -2.43. The molecule has 0 aliphatic carbocycles. The van der Waals surface area contributed by atoms with Gasteiger partial charge in [0, 0.05) is 13.1 Å². The van der Waals surface area contributed by atoms with Gasteiger partial charge in [0.15, 0.2) is 0 Å². The summed E-state index contributed by atoms with van der Waals surface area (Å²) in [6.45, 7) is 4.20. The molecular formula is C24H28NO2PS. The summed E-state index contributed by atoms with van der Waals surface area (Å²) >= 11 is 0. The maximum atomic E-state index is 13.3. The number of hydrogen-bond acceptors (Lipinski definition) is 2. The van der Waals surface area contributed by atoms with Crippen LogP contribution in [-0.2, 0) is 10.0 Å². The van der Waals surface area contributed by atoms with Gasteiger partial charge in [0.25, 0.3) is 0 Å². The minimum atomic E-state index is -3.55. The van der Waals surface area contributed by atoms with Crippen molar-refractivity contribution in [2.45, 2.75) is 24.8 Å². The summed E-state index contributed by atoms with van der Waals surface area (Å²) in [5, 5.41) is 2.54. The minimum Gasteiger partial charge on any atom is -0.207 e. The molecule has 0 aliphatic heterocycles. The molecule has 3 rings (SSSR count). The third-order valence-corrected chi connectivity index (χ3v) is 9.64. The maximum Gasteiger partial charge on any atom is 0.243 e. The summed E-state index contributed by atoms with van der Waals surface area (Å²) in [5.74, 6) is 0.191. The number of sulfonamides is 1. The van der Waals surface area contributed by atoms with Gasteiger partial charge in [-0.3, -0.25) is 0 Å². The number of nitrogens with zero attached hydrogens (tertiary/aromatic N) is 1. The fourth-order valence-electron chi connectivity index (χ4n) is 3.45. The predicted molar refractivity (Wildman–Crippen MR) is 124 cm³/mol. The third kappa shape index (κ3) is 5.14. The molecule has 29 heavy (non-hydrogen) atoms. The van der Waals surface area contributed by atoms with Crippen molar-refractivity contribution >= 4 is 28.6 Å². The van der Waals surface area contributed by atoms with Gasteiger partial charge in [-0.1, -0.05) is 92.7 Å². The third-order valence-electron chi connectivity index (χ3n) is 5.16. The highest BCUT2D eigenvalue weighted by atomic mass is 32.2. The van der Waals surface area contributed by atoms with Gasteiger partial charge in [-0.25, -0.2) is 8.42 Å². The van der Waals surface area contributed by atoms with E-state index in [4.69, 9.17) is 0 Å². The Morgan fingerprint density at radius 3 is 1.59 bits per heavy atom. The highest BCUT2D eigenvalue weighted by Crippen LogP contribution is 2.37. The quantitative estimate of drug-likeness (QED) is 0.500. The second kappa shape index (κ2) is 9.67. The second-order valence-corrected chi connectivity index (χ2v) is 11.7. The van der Waals surface area contributed by atoms with E-state index in [2.05, 4.69) is 62.4 Å². The first kappa shape index (κ1) is 21.7. The molecule has 0 unspecified atom stereocenters. The Hall–Kier alpha value is -2.00. The van der Waals surface area contributed by atoms with E-state index >= 15 is 0 Å². The Labute approximate surface area is 176 Å². The molecule has 0 amide bonds. The van der Waals surface area contributed by atoms with Gasteiger partial charge >= 0.3 is 0 Å². The molecule has 3 nitrogen and oxygen atoms in total. The lowest BCUT2D eigenvalue weighted by molar-refractivity contribution is 0.320. The average molecular weight is 426 g/mol. The largest absolute Gasteiger partial charge is 0.243 e. The smallest absolute Gasteiger partial charge is 0.207 e. The molecule has 3 aromatic rings. The zero-order valence-electron chi connectivity index (χ0n) is 17.1. The fourth-order valence-corrected chi connectivity index (χ4v) is 7.89. The molecule has 3 aromatic carbocycles. The highest BCUT2D eigenvalue weighted by Gasteiger charge is 2.32. The van der Waals surface area contributed by atoms with Crippen LogP contribution in [0.2, 0.25) is 0 Å². The maximum absolute atomic E-state index is 13.3. The summed E-state index contributed by atoms with van der Waals surface area (Å²) in [5.41, 5.74) is 0. The topological polar surface area (TPSA) is 37.4 Å². The predicted octanol–water partition coefficient (Wildman–Crippen LogP) is 4.46. The van der Waals surface area contributed by atoms with Gasteiger partial charge in [0.1, 0.15) is 0 Å². The standard InChI is InChI=1S/C24H28NO2PS/c1-20(2)24(25(3)29(26,27)23-17-11-6-12-18-23)19-28(21-13-7-4-8-14-21)22-15-9-5-10-16-22/h4-18,20,24H,19H2,1-3H3/t24-/m1/s1. The van der Waals surface area contributed by atoms with E-state index in [0.717, 1.165) is 6.16 Å². The molecule has 0 N–H and O–H groups in total. The Morgan fingerprint density at radius 1 is 0.759 bits per heavy atom. The van der Waals surface area contributed by atoms with Crippen LogP contribution in [0.15, 0.2) is 95.9 Å². The van der Waals surface area contributed by atoms with Crippen LogP contribution >= 0.6 is 7.92 Å². The van der Waals surface area contributed by atoms with Gasteiger partial charge in [0.2, 0.25) is 10.0 Å². The summed E-state index contributed by atoms with van der Waals surface area (Å²) in [4.78, 5) is 0.344. The van der Waals surface area contributed by atoms with Gasteiger partial charge in [-0.15, -0.1) is 0 Å². The molecule has 0 aromatic heterocycles. The van der Waals surface area contributed by atoms with Crippen molar-refractivity contribution < 1.29 is 8.42 Å². The van der Waals surface area contributed by atoms with E-state index in [-0.39, 0.29) is 12.0 Å². The van der Waals surface area contributed by atoms with Gasteiger partial charge in [-0.2, -0.15) is 4.31 Å². The first-order chi connectivity index (χ1) is 13.9. The van der Waals surface area contributed by atoms with Crippen molar-refractivity contribution in [1.29, 1.82) is 0 Å². The normalized spacial score (nSPS) is 13.2. The van der Waals surface area contributed by atoms with Gasteiger partial charge in [-0.05, 0) is 42.7 Å². The van der Waals surface area contributed by atoms with Crippen molar-refractivity contribution in [2.24, 2.45) is 5.92 Å². The van der Waals surface area contributed by atoms with E-state index in [1.807, 2.05) is 18.2 Å². The van der Waals surface area contributed by atoms with E-state index in [0.29, 0.717) is 4.90 Å². The Kier molecular flexibility index (Phi) is 7.23. The van der Waals surface area contributed by atoms with Crippen molar-refractivity contribution in [1.82, 2.24) is 4.31 Å².